The molecule has 0 saturated carbocycles. The number of fused-ring (bicyclic) bond motifs is 1. The second-order valence-corrected chi connectivity index (χ2v) is 6.82. The highest BCUT2D eigenvalue weighted by Gasteiger charge is 2.29. The van der Waals surface area contributed by atoms with E-state index in [-0.39, 0.29) is 36.0 Å². The van der Waals surface area contributed by atoms with Crippen LogP contribution in [0.1, 0.15) is 47.1 Å². The van der Waals surface area contributed by atoms with Crippen LogP contribution in [0, 0.1) is 0 Å². The molecular formula is C23H25NO6. The van der Waals surface area contributed by atoms with E-state index in [0.717, 1.165) is 17.7 Å². The van der Waals surface area contributed by atoms with Crippen molar-refractivity contribution in [3.8, 4) is 5.75 Å². The molecule has 0 radical (unpaired) electrons. The van der Waals surface area contributed by atoms with Crippen molar-refractivity contribution < 1.29 is 28.6 Å². The van der Waals surface area contributed by atoms with Gasteiger partial charge in [-0.3, -0.25) is 4.79 Å². The van der Waals surface area contributed by atoms with Crippen LogP contribution in [0.2, 0.25) is 0 Å². The zero-order chi connectivity index (χ0) is 21.7. The number of amides is 1. The second kappa shape index (κ2) is 9.43. The number of carbonyl (C=O) groups is 3. The van der Waals surface area contributed by atoms with Gasteiger partial charge in [-0.1, -0.05) is 18.2 Å². The molecule has 1 aliphatic rings. The molecule has 0 bridgehead atoms. The minimum atomic E-state index is -0.816. The van der Waals surface area contributed by atoms with Crippen molar-refractivity contribution in [3.05, 3.63) is 59.2 Å². The molecule has 1 amide bonds. The lowest BCUT2D eigenvalue weighted by Gasteiger charge is -2.22. The topological polar surface area (TPSA) is 82.1 Å². The molecule has 1 heterocycles. The predicted molar refractivity (Wildman–Crippen MR) is 111 cm³/mol. The molecule has 0 saturated heterocycles. The lowest BCUT2D eigenvalue weighted by molar-refractivity contribution is -0.124. The first kappa shape index (κ1) is 21.4. The Bertz CT molecular complexity index is 918. The number of esters is 2. The fraction of sp³-hybridized carbons (Fsp3) is 0.348. The van der Waals surface area contributed by atoms with Crippen molar-refractivity contribution in [2.75, 3.05) is 24.7 Å². The third kappa shape index (κ3) is 4.62. The largest absolute Gasteiger partial charge is 0.481 e. The van der Waals surface area contributed by atoms with Gasteiger partial charge in [-0.2, -0.15) is 0 Å². The summed E-state index contributed by atoms with van der Waals surface area (Å²) in [5, 5.41) is 0. The van der Waals surface area contributed by atoms with Crippen LogP contribution in [0.15, 0.2) is 42.5 Å². The Labute approximate surface area is 175 Å². The molecule has 1 atom stereocenters. The molecule has 2 aromatic rings. The summed E-state index contributed by atoms with van der Waals surface area (Å²) in [7, 11) is 0. The van der Waals surface area contributed by atoms with Gasteiger partial charge >= 0.3 is 11.9 Å². The molecule has 0 unspecified atom stereocenters. The molecular weight excluding hydrogens is 386 g/mol. The highest BCUT2D eigenvalue weighted by Crippen LogP contribution is 2.29. The van der Waals surface area contributed by atoms with E-state index in [9.17, 15) is 14.4 Å². The van der Waals surface area contributed by atoms with Crippen molar-refractivity contribution in [3.63, 3.8) is 0 Å². The Morgan fingerprint density at radius 3 is 2.17 bits per heavy atom. The smallest absolute Gasteiger partial charge is 0.338 e. The van der Waals surface area contributed by atoms with Crippen LogP contribution >= 0.6 is 0 Å². The number of para-hydroxylation sites is 1. The molecule has 0 aliphatic carbocycles. The maximum absolute atomic E-state index is 13.0. The number of benzene rings is 2. The van der Waals surface area contributed by atoms with Gasteiger partial charge in [-0.15, -0.1) is 0 Å². The molecule has 0 spiro atoms. The number of hydrogen-bond donors (Lipinski definition) is 0. The summed E-state index contributed by atoms with van der Waals surface area (Å²) in [5.74, 6) is -1.14. The number of carbonyl (C=O) groups excluding carboxylic acids is 3. The Morgan fingerprint density at radius 2 is 1.57 bits per heavy atom. The van der Waals surface area contributed by atoms with Gasteiger partial charge < -0.3 is 19.1 Å². The van der Waals surface area contributed by atoms with Gasteiger partial charge in [-0.05, 0) is 57.0 Å². The molecule has 0 aromatic heterocycles. The standard InChI is InChI=1S/C23H25NO6/c1-4-28-22(26)17-12-18(23(27)29-5-2)14-19(13-17)30-15(3)21(25)24-11-10-16-8-6-7-9-20(16)24/h6-9,12-15H,4-5,10-11H2,1-3H3/t15-/m1/s1. The fourth-order valence-electron chi connectivity index (χ4n) is 3.37. The second-order valence-electron chi connectivity index (χ2n) is 6.82. The van der Waals surface area contributed by atoms with Crippen molar-refractivity contribution in [2.45, 2.75) is 33.3 Å². The normalized spacial score (nSPS) is 13.4. The van der Waals surface area contributed by atoms with E-state index < -0.39 is 18.0 Å². The maximum atomic E-state index is 13.0. The van der Waals surface area contributed by atoms with Crippen molar-refractivity contribution in [2.24, 2.45) is 0 Å². The van der Waals surface area contributed by atoms with E-state index in [0.29, 0.717) is 6.54 Å². The summed E-state index contributed by atoms with van der Waals surface area (Å²) < 4.78 is 15.9. The van der Waals surface area contributed by atoms with E-state index >= 15 is 0 Å². The van der Waals surface area contributed by atoms with Crippen molar-refractivity contribution in [1.82, 2.24) is 0 Å². The first-order chi connectivity index (χ1) is 14.4. The Morgan fingerprint density at radius 1 is 0.967 bits per heavy atom. The zero-order valence-electron chi connectivity index (χ0n) is 17.3. The van der Waals surface area contributed by atoms with E-state index in [1.165, 1.54) is 18.2 Å². The minimum absolute atomic E-state index is 0.156. The first-order valence-corrected chi connectivity index (χ1v) is 9.99. The van der Waals surface area contributed by atoms with Crippen molar-refractivity contribution in [1.29, 1.82) is 0 Å². The average Bonchev–Trinajstić information content (AvgIpc) is 3.17. The summed E-state index contributed by atoms with van der Waals surface area (Å²) in [6.45, 7) is 6.01. The summed E-state index contributed by atoms with van der Waals surface area (Å²) in [6, 6.07) is 12.1. The molecule has 158 valence electrons. The van der Waals surface area contributed by atoms with E-state index in [4.69, 9.17) is 14.2 Å². The molecule has 7 nitrogen and oxygen atoms in total. The molecule has 7 heteroatoms. The number of ether oxygens (including phenoxy) is 3. The zero-order valence-corrected chi connectivity index (χ0v) is 17.3. The number of anilines is 1. The Balaban J connectivity index is 1.83. The lowest BCUT2D eigenvalue weighted by atomic mass is 10.1. The van der Waals surface area contributed by atoms with Gasteiger partial charge in [0, 0.05) is 12.2 Å². The molecule has 3 rings (SSSR count). The van der Waals surface area contributed by atoms with Gasteiger partial charge in [0.2, 0.25) is 0 Å². The first-order valence-electron chi connectivity index (χ1n) is 9.99. The minimum Gasteiger partial charge on any atom is -0.481 e. The van der Waals surface area contributed by atoms with Crippen LogP contribution in [0.4, 0.5) is 5.69 Å². The van der Waals surface area contributed by atoms with Gasteiger partial charge in [-0.25, -0.2) is 9.59 Å². The van der Waals surface area contributed by atoms with Gasteiger partial charge in [0.05, 0.1) is 24.3 Å². The number of hydrogen-bond acceptors (Lipinski definition) is 6. The average molecular weight is 411 g/mol. The summed E-state index contributed by atoms with van der Waals surface area (Å²) in [6.07, 6.45) is -0.0244. The van der Waals surface area contributed by atoms with Crippen LogP contribution in [0.5, 0.6) is 5.75 Å². The highest BCUT2D eigenvalue weighted by molar-refractivity contribution is 5.99. The van der Waals surface area contributed by atoms with Crippen molar-refractivity contribution >= 4 is 23.5 Å². The van der Waals surface area contributed by atoms with Crippen LogP contribution < -0.4 is 9.64 Å². The maximum Gasteiger partial charge on any atom is 0.338 e. The van der Waals surface area contributed by atoms with Gasteiger partial charge in [0.15, 0.2) is 6.10 Å². The highest BCUT2D eigenvalue weighted by atomic mass is 16.5. The Kier molecular flexibility index (Phi) is 6.72. The van der Waals surface area contributed by atoms with Crippen LogP contribution in [-0.2, 0) is 20.7 Å². The van der Waals surface area contributed by atoms with Gasteiger partial charge in [0.1, 0.15) is 5.75 Å². The van der Waals surface area contributed by atoms with Gasteiger partial charge in [0.25, 0.3) is 5.91 Å². The quantitative estimate of drug-likeness (QED) is 0.650. The van der Waals surface area contributed by atoms with E-state index in [1.54, 1.807) is 25.7 Å². The monoisotopic (exact) mass is 411 g/mol. The molecule has 0 fully saturated rings. The predicted octanol–water partition coefficient (Wildman–Crippen LogP) is 3.40. The molecule has 2 aromatic carbocycles. The number of rotatable bonds is 7. The van der Waals surface area contributed by atoms with E-state index in [2.05, 4.69) is 0 Å². The summed E-state index contributed by atoms with van der Waals surface area (Å²) in [5.41, 5.74) is 2.31. The molecule has 0 N–H and O–H groups in total. The van der Waals surface area contributed by atoms with Crippen LogP contribution in [-0.4, -0.2) is 43.7 Å². The fourth-order valence-corrected chi connectivity index (χ4v) is 3.37. The number of nitrogens with zero attached hydrogens (tertiary/aromatic N) is 1. The molecule has 30 heavy (non-hydrogen) atoms. The SMILES string of the molecule is CCOC(=O)c1cc(O[C@H](C)C(=O)N2CCc3ccccc32)cc(C(=O)OCC)c1. The molecule has 1 aliphatic heterocycles. The lowest BCUT2D eigenvalue weighted by Crippen LogP contribution is -2.39. The Hall–Kier alpha value is -3.35. The van der Waals surface area contributed by atoms with E-state index in [1.807, 2.05) is 24.3 Å². The summed E-state index contributed by atoms with van der Waals surface area (Å²) in [4.78, 5) is 39.0. The van der Waals surface area contributed by atoms with Crippen LogP contribution in [0.3, 0.4) is 0 Å². The third-order valence-corrected chi connectivity index (χ3v) is 4.74. The third-order valence-electron chi connectivity index (χ3n) is 4.74. The van der Waals surface area contributed by atoms with Crippen LogP contribution in [0.25, 0.3) is 0 Å². The summed E-state index contributed by atoms with van der Waals surface area (Å²) >= 11 is 0.